The molecular formula is C21H22Cl2N4O2. The summed E-state index contributed by atoms with van der Waals surface area (Å²) in [5.74, 6) is -0.315. The number of hydrogen-bond donors (Lipinski definition) is 1. The Hall–Kier alpha value is -2.44. The molecule has 1 fully saturated rings. The maximum atomic E-state index is 12.9. The van der Waals surface area contributed by atoms with Crippen LogP contribution >= 0.6 is 23.2 Å². The number of nitrogens with zero attached hydrogens (tertiary/aromatic N) is 3. The summed E-state index contributed by atoms with van der Waals surface area (Å²) in [6, 6.07) is 8.65. The number of aromatic nitrogens is 2. The Bertz CT molecular complexity index is 1160. The number of piperidine rings is 1. The first kappa shape index (κ1) is 19.9. The van der Waals surface area contributed by atoms with Gasteiger partial charge in [0.2, 0.25) is 0 Å². The number of carbonyl (C=O) groups excluding carboxylic acids is 1. The predicted molar refractivity (Wildman–Crippen MR) is 119 cm³/mol. The van der Waals surface area contributed by atoms with Crippen LogP contribution in [0.5, 0.6) is 0 Å². The van der Waals surface area contributed by atoms with E-state index in [0.29, 0.717) is 21.3 Å². The molecule has 1 N–H and O–H groups in total. The number of imidazole rings is 1. The van der Waals surface area contributed by atoms with Gasteiger partial charge in [-0.15, -0.1) is 0 Å². The lowest BCUT2D eigenvalue weighted by Crippen LogP contribution is -2.30. The summed E-state index contributed by atoms with van der Waals surface area (Å²) in [4.78, 5) is 27.6. The van der Waals surface area contributed by atoms with Gasteiger partial charge in [0.25, 0.3) is 5.91 Å². The Morgan fingerprint density at radius 3 is 2.28 bits per heavy atom. The predicted octanol–water partition coefficient (Wildman–Crippen LogP) is 4.43. The summed E-state index contributed by atoms with van der Waals surface area (Å²) in [5, 5.41) is 3.77. The number of rotatable bonds is 3. The van der Waals surface area contributed by atoms with Crippen LogP contribution in [0.2, 0.25) is 10.0 Å². The van der Waals surface area contributed by atoms with Crippen molar-refractivity contribution >= 4 is 51.5 Å². The number of anilines is 2. The smallest absolute Gasteiger partial charge is 0.328 e. The van der Waals surface area contributed by atoms with E-state index in [-0.39, 0.29) is 11.6 Å². The van der Waals surface area contributed by atoms with Crippen molar-refractivity contribution < 1.29 is 4.79 Å². The molecule has 0 unspecified atom stereocenters. The van der Waals surface area contributed by atoms with Crippen LogP contribution in [0.25, 0.3) is 11.0 Å². The van der Waals surface area contributed by atoms with E-state index in [4.69, 9.17) is 23.2 Å². The molecule has 0 atom stereocenters. The van der Waals surface area contributed by atoms with E-state index in [9.17, 15) is 9.59 Å². The fourth-order valence-corrected chi connectivity index (χ4v) is 4.39. The summed E-state index contributed by atoms with van der Waals surface area (Å²) in [6.07, 6.45) is 3.40. The molecule has 0 radical (unpaired) electrons. The molecule has 0 saturated carbocycles. The van der Waals surface area contributed by atoms with Crippen molar-refractivity contribution in [2.24, 2.45) is 14.1 Å². The molecule has 2 aromatic carbocycles. The van der Waals surface area contributed by atoms with Gasteiger partial charge in [0.1, 0.15) is 0 Å². The number of carbonyl (C=O) groups is 1. The Morgan fingerprint density at radius 1 is 0.966 bits per heavy atom. The zero-order valence-electron chi connectivity index (χ0n) is 16.3. The molecule has 2 heterocycles. The second-order valence-electron chi connectivity index (χ2n) is 7.38. The molecule has 1 saturated heterocycles. The van der Waals surface area contributed by atoms with Crippen LogP contribution in [0.4, 0.5) is 11.4 Å². The molecule has 0 aliphatic carbocycles. The quantitative estimate of drug-likeness (QED) is 0.665. The van der Waals surface area contributed by atoms with E-state index in [0.717, 1.165) is 42.7 Å². The third-order valence-electron chi connectivity index (χ3n) is 5.51. The lowest BCUT2D eigenvalue weighted by atomic mass is 10.1. The van der Waals surface area contributed by atoms with E-state index >= 15 is 0 Å². The standard InChI is InChI=1S/C21H22Cl2N4O2/c1-25-18-11-16(24-20(28)14-7-6-13(22)10-15(14)23)17(27-8-4-3-5-9-27)12-19(18)26(2)21(25)29/h6-7,10-12H,3-5,8-9H2,1-2H3,(H,24,28). The second kappa shape index (κ2) is 7.76. The second-order valence-corrected chi connectivity index (χ2v) is 8.23. The van der Waals surface area contributed by atoms with Crippen molar-refractivity contribution in [3.63, 3.8) is 0 Å². The maximum Gasteiger partial charge on any atom is 0.328 e. The Balaban J connectivity index is 1.81. The number of benzene rings is 2. The monoisotopic (exact) mass is 432 g/mol. The highest BCUT2D eigenvalue weighted by Crippen LogP contribution is 2.33. The normalized spacial score (nSPS) is 14.4. The summed E-state index contributed by atoms with van der Waals surface area (Å²) in [7, 11) is 3.49. The van der Waals surface area contributed by atoms with Crippen LogP contribution in [0, 0.1) is 0 Å². The molecule has 4 rings (SSSR count). The first-order chi connectivity index (χ1) is 13.9. The number of aryl methyl sites for hydroxylation is 2. The van der Waals surface area contributed by atoms with Crippen LogP contribution in [-0.4, -0.2) is 28.1 Å². The van der Waals surface area contributed by atoms with Gasteiger partial charge in [-0.05, 0) is 49.6 Å². The Labute approximate surface area is 178 Å². The molecule has 3 aromatic rings. The first-order valence-corrected chi connectivity index (χ1v) is 10.3. The topological polar surface area (TPSA) is 59.3 Å². The average Bonchev–Trinajstić information content (AvgIpc) is 2.91. The van der Waals surface area contributed by atoms with Crippen LogP contribution in [0.3, 0.4) is 0 Å². The van der Waals surface area contributed by atoms with Crippen LogP contribution in [0.1, 0.15) is 29.6 Å². The Kier molecular flexibility index (Phi) is 5.32. The lowest BCUT2D eigenvalue weighted by Gasteiger charge is -2.30. The van der Waals surface area contributed by atoms with E-state index in [1.54, 1.807) is 41.4 Å². The molecule has 29 heavy (non-hydrogen) atoms. The average molecular weight is 433 g/mol. The van der Waals surface area contributed by atoms with Gasteiger partial charge in [-0.25, -0.2) is 4.79 Å². The molecule has 1 aliphatic heterocycles. The maximum absolute atomic E-state index is 12.9. The zero-order chi connectivity index (χ0) is 20.7. The van der Waals surface area contributed by atoms with E-state index in [1.807, 2.05) is 12.1 Å². The number of nitrogens with one attached hydrogen (secondary N) is 1. The van der Waals surface area contributed by atoms with Gasteiger partial charge in [0, 0.05) is 32.2 Å². The van der Waals surface area contributed by atoms with Gasteiger partial charge in [-0.1, -0.05) is 23.2 Å². The van der Waals surface area contributed by atoms with E-state index in [1.165, 1.54) is 6.42 Å². The number of hydrogen-bond acceptors (Lipinski definition) is 3. The van der Waals surface area contributed by atoms with Gasteiger partial charge < -0.3 is 10.2 Å². The van der Waals surface area contributed by atoms with E-state index < -0.39 is 0 Å². The molecule has 1 amide bonds. The Morgan fingerprint density at radius 2 is 1.62 bits per heavy atom. The fourth-order valence-electron chi connectivity index (χ4n) is 3.89. The minimum Gasteiger partial charge on any atom is -0.370 e. The molecular weight excluding hydrogens is 411 g/mol. The van der Waals surface area contributed by atoms with Gasteiger partial charge >= 0.3 is 5.69 Å². The molecule has 6 nitrogen and oxygen atoms in total. The van der Waals surface area contributed by atoms with Crippen LogP contribution < -0.4 is 15.9 Å². The van der Waals surface area contributed by atoms with Gasteiger partial charge in [0.15, 0.2) is 0 Å². The molecule has 0 spiro atoms. The van der Waals surface area contributed by atoms with Crippen molar-refractivity contribution in [3.05, 3.63) is 56.4 Å². The van der Waals surface area contributed by atoms with Gasteiger partial charge in [0.05, 0.1) is 33.0 Å². The third kappa shape index (κ3) is 3.63. The van der Waals surface area contributed by atoms with Crippen molar-refractivity contribution in [2.75, 3.05) is 23.3 Å². The fraction of sp³-hybridized carbons (Fsp3) is 0.333. The van der Waals surface area contributed by atoms with Crippen molar-refractivity contribution in [1.29, 1.82) is 0 Å². The van der Waals surface area contributed by atoms with Gasteiger partial charge in [-0.2, -0.15) is 0 Å². The minimum atomic E-state index is -0.315. The number of fused-ring (bicyclic) bond motifs is 1. The van der Waals surface area contributed by atoms with Gasteiger partial charge in [-0.3, -0.25) is 13.9 Å². The summed E-state index contributed by atoms with van der Waals surface area (Å²) < 4.78 is 3.21. The minimum absolute atomic E-state index is 0.103. The van der Waals surface area contributed by atoms with Crippen molar-refractivity contribution in [2.45, 2.75) is 19.3 Å². The number of amides is 1. The largest absolute Gasteiger partial charge is 0.370 e. The molecule has 1 aromatic heterocycles. The number of halogens is 2. The van der Waals surface area contributed by atoms with Crippen LogP contribution in [0.15, 0.2) is 35.1 Å². The highest BCUT2D eigenvalue weighted by atomic mass is 35.5. The summed E-state index contributed by atoms with van der Waals surface area (Å²) in [5.41, 5.74) is 3.42. The summed E-state index contributed by atoms with van der Waals surface area (Å²) >= 11 is 12.2. The molecule has 0 bridgehead atoms. The summed E-state index contributed by atoms with van der Waals surface area (Å²) in [6.45, 7) is 1.83. The van der Waals surface area contributed by atoms with Crippen molar-refractivity contribution in [3.8, 4) is 0 Å². The third-order valence-corrected chi connectivity index (χ3v) is 6.06. The lowest BCUT2D eigenvalue weighted by molar-refractivity contribution is 0.102. The zero-order valence-corrected chi connectivity index (χ0v) is 17.8. The SMILES string of the molecule is Cn1c(=O)n(C)c2cc(N3CCCCC3)c(NC(=O)c3ccc(Cl)cc3Cl)cc21. The highest BCUT2D eigenvalue weighted by molar-refractivity contribution is 6.37. The highest BCUT2D eigenvalue weighted by Gasteiger charge is 2.21. The van der Waals surface area contributed by atoms with Crippen LogP contribution in [-0.2, 0) is 14.1 Å². The molecule has 1 aliphatic rings. The molecule has 152 valence electrons. The van der Waals surface area contributed by atoms with E-state index in [2.05, 4.69) is 10.2 Å². The van der Waals surface area contributed by atoms with Crippen molar-refractivity contribution in [1.82, 2.24) is 9.13 Å². The molecule has 8 heteroatoms. The first-order valence-electron chi connectivity index (χ1n) is 9.57.